The quantitative estimate of drug-likeness (QED) is 0.848. The van der Waals surface area contributed by atoms with Crippen molar-refractivity contribution in [1.82, 2.24) is 15.2 Å². The molecule has 1 saturated carbocycles. The number of nitrogens with zero attached hydrogens (tertiary/aromatic N) is 2. The average molecular weight is 385 g/mol. The van der Waals surface area contributed by atoms with Crippen molar-refractivity contribution in [2.24, 2.45) is 0 Å². The number of carbonyl (C=O) groups is 1. The van der Waals surface area contributed by atoms with Crippen molar-refractivity contribution in [1.29, 1.82) is 0 Å². The molecule has 2 heterocycles. The number of aromatic nitrogens is 1. The lowest BCUT2D eigenvalue weighted by Gasteiger charge is -2.44. The Balaban J connectivity index is 1.35. The molecule has 0 atom stereocenters. The lowest BCUT2D eigenvalue weighted by molar-refractivity contribution is -0.133. The monoisotopic (exact) mass is 385 g/mol. The van der Waals surface area contributed by atoms with Crippen molar-refractivity contribution >= 4 is 5.91 Å². The van der Waals surface area contributed by atoms with E-state index in [9.17, 15) is 13.6 Å². The van der Waals surface area contributed by atoms with Crippen LogP contribution in [0.4, 0.5) is 8.78 Å². The first-order valence-electron chi connectivity index (χ1n) is 9.92. The summed E-state index contributed by atoms with van der Waals surface area (Å²) in [4.78, 5) is 18.7. The fraction of sp³-hybridized carbons (Fsp3) is 0.455. The molecule has 0 bridgehead atoms. The van der Waals surface area contributed by atoms with Gasteiger partial charge >= 0.3 is 0 Å². The number of likely N-dealkylation sites (tertiary alicyclic amines) is 1. The second-order valence-electron chi connectivity index (χ2n) is 7.96. The standard InChI is InChI=1S/C22H25F2N3O/c23-19-2-1-17(13-20(19)24)14-26-18-3-8-22(9-4-18)10-5-21(28)27(22)15-16-6-11-25-12-7-16/h1-2,6-7,11-13,18,26H,3-5,8-10,14-15H2. The van der Waals surface area contributed by atoms with Gasteiger partial charge in [0.25, 0.3) is 0 Å². The van der Waals surface area contributed by atoms with Crippen LogP contribution in [-0.4, -0.2) is 27.4 Å². The van der Waals surface area contributed by atoms with E-state index in [1.54, 1.807) is 18.5 Å². The normalized spacial score (nSPS) is 24.9. The van der Waals surface area contributed by atoms with Gasteiger partial charge in [0.1, 0.15) is 0 Å². The topological polar surface area (TPSA) is 45.2 Å². The number of halogens is 2. The molecule has 1 saturated heterocycles. The Bertz CT molecular complexity index is 835. The molecular formula is C22H25F2N3O. The lowest BCUT2D eigenvalue weighted by atomic mass is 9.77. The van der Waals surface area contributed by atoms with Crippen LogP contribution in [0.15, 0.2) is 42.7 Å². The van der Waals surface area contributed by atoms with Crippen molar-refractivity contribution in [3.05, 3.63) is 65.5 Å². The third kappa shape index (κ3) is 3.92. The van der Waals surface area contributed by atoms with Gasteiger partial charge in [-0.3, -0.25) is 9.78 Å². The van der Waals surface area contributed by atoms with Gasteiger partial charge in [-0.2, -0.15) is 0 Å². The molecule has 1 spiro atoms. The molecule has 1 N–H and O–H groups in total. The Kier molecular flexibility index (Phi) is 5.40. The van der Waals surface area contributed by atoms with E-state index in [1.165, 1.54) is 12.1 Å². The van der Waals surface area contributed by atoms with E-state index in [1.807, 2.05) is 12.1 Å². The molecule has 148 valence electrons. The second kappa shape index (κ2) is 7.95. The highest BCUT2D eigenvalue weighted by atomic mass is 19.2. The third-order valence-electron chi connectivity index (χ3n) is 6.26. The van der Waals surface area contributed by atoms with Crippen molar-refractivity contribution in [2.75, 3.05) is 0 Å². The van der Waals surface area contributed by atoms with Crippen LogP contribution in [0, 0.1) is 11.6 Å². The molecule has 2 fully saturated rings. The molecule has 28 heavy (non-hydrogen) atoms. The summed E-state index contributed by atoms with van der Waals surface area (Å²) in [6, 6.07) is 8.30. The zero-order chi connectivity index (χ0) is 19.6. The molecule has 0 unspecified atom stereocenters. The zero-order valence-corrected chi connectivity index (χ0v) is 15.8. The largest absolute Gasteiger partial charge is 0.333 e. The number of nitrogens with one attached hydrogen (secondary N) is 1. The van der Waals surface area contributed by atoms with Crippen LogP contribution >= 0.6 is 0 Å². The first kappa shape index (κ1) is 19.0. The van der Waals surface area contributed by atoms with E-state index < -0.39 is 11.6 Å². The fourth-order valence-corrected chi connectivity index (χ4v) is 4.59. The van der Waals surface area contributed by atoms with Crippen LogP contribution in [0.2, 0.25) is 0 Å². The van der Waals surface area contributed by atoms with Gasteiger partial charge in [-0.25, -0.2) is 8.78 Å². The summed E-state index contributed by atoms with van der Waals surface area (Å²) < 4.78 is 26.4. The molecule has 4 rings (SSSR count). The van der Waals surface area contributed by atoms with E-state index in [-0.39, 0.29) is 11.4 Å². The second-order valence-corrected chi connectivity index (χ2v) is 7.96. The zero-order valence-electron chi connectivity index (χ0n) is 15.8. The number of hydrogen-bond donors (Lipinski definition) is 1. The highest BCUT2D eigenvalue weighted by Crippen LogP contribution is 2.43. The van der Waals surface area contributed by atoms with E-state index in [2.05, 4.69) is 15.2 Å². The van der Waals surface area contributed by atoms with Crippen LogP contribution in [0.5, 0.6) is 0 Å². The lowest BCUT2D eigenvalue weighted by Crippen LogP contribution is -2.50. The summed E-state index contributed by atoms with van der Waals surface area (Å²) in [6.45, 7) is 1.17. The summed E-state index contributed by atoms with van der Waals surface area (Å²) >= 11 is 0. The van der Waals surface area contributed by atoms with Crippen LogP contribution in [0.1, 0.15) is 49.7 Å². The molecule has 6 heteroatoms. The van der Waals surface area contributed by atoms with Gasteiger partial charge in [0.2, 0.25) is 5.91 Å². The predicted molar refractivity (Wildman–Crippen MR) is 102 cm³/mol. The Hall–Kier alpha value is -2.34. The Labute approximate surface area is 164 Å². The SMILES string of the molecule is O=C1CCC2(CCC(NCc3ccc(F)c(F)c3)CC2)N1Cc1ccncc1. The van der Waals surface area contributed by atoms with Gasteiger partial charge in [-0.05, 0) is 67.5 Å². The van der Waals surface area contributed by atoms with Crippen molar-refractivity contribution < 1.29 is 13.6 Å². The van der Waals surface area contributed by atoms with Crippen LogP contribution in [-0.2, 0) is 17.9 Å². The number of amides is 1. The minimum absolute atomic E-state index is 0.0412. The summed E-state index contributed by atoms with van der Waals surface area (Å²) in [5.74, 6) is -1.38. The Morgan fingerprint density at radius 1 is 1.04 bits per heavy atom. The highest BCUT2D eigenvalue weighted by Gasteiger charge is 2.46. The molecule has 2 aliphatic rings. The maximum atomic E-state index is 13.4. The van der Waals surface area contributed by atoms with Crippen molar-refractivity contribution in [2.45, 2.75) is 63.2 Å². The van der Waals surface area contributed by atoms with Crippen LogP contribution in [0.3, 0.4) is 0 Å². The number of carbonyl (C=O) groups excluding carboxylic acids is 1. The van der Waals surface area contributed by atoms with E-state index in [0.29, 0.717) is 25.6 Å². The van der Waals surface area contributed by atoms with E-state index in [4.69, 9.17) is 0 Å². The minimum Gasteiger partial charge on any atom is -0.333 e. The van der Waals surface area contributed by atoms with Crippen LogP contribution in [0.25, 0.3) is 0 Å². The van der Waals surface area contributed by atoms with Crippen molar-refractivity contribution in [3.8, 4) is 0 Å². The average Bonchev–Trinajstić information content (AvgIpc) is 3.01. The fourth-order valence-electron chi connectivity index (χ4n) is 4.59. The molecule has 1 amide bonds. The van der Waals surface area contributed by atoms with E-state index in [0.717, 1.165) is 43.2 Å². The number of pyridine rings is 1. The summed E-state index contributed by atoms with van der Waals surface area (Å²) in [6.07, 6.45) is 8.97. The van der Waals surface area contributed by atoms with Gasteiger partial charge in [0.15, 0.2) is 11.6 Å². The number of benzene rings is 1. The highest BCUT2D eigenvalue weighted by molar-refractivity contribution is 5.79. The van der Waals surface area contributed by atoms with Gasteiger partial charge < -0.3 is 10.2 Å². The van der Waals surface area contributed by atoms with Gasteiger partial charge in [0.05, 0.1) is 0 Å². The molecule has 1 aliphatic carbocycles. The smallest absolute Gasteiger partial charge is 0.223 e. The molecular weight excluding hydrogens is 360 g/mol. The predicted octanol–water partition coefficient (Wildman–Crippen LogP) is 3.95. The first-order chi connectivity index (χ1) is 13.6. The van der Waals surface area contributed by atoms with Crippen LogP contribution < -0.4 is 5.32 Å². The molecule has 1 aromatic heterocycles. The summed E-state index contributed by atoms with van der Waals surface area (Å²) in [7, 11) is 0. The van der Waals surface area contributed by atoms with Gasteiger partial charge in [-0.1, -0.05) is 6.07 Å². The van der Waals surface area contributed by atoms with Gasteiger partial charge in [-0.15, -0.1) is 0 Å². The molecule has 4 nitrogen and oxygen atoms in total. The van der Waals surface area contributed by atoms with Crippen molar-refractivity contribution in [3.63, 3.8) is 0 Å². The summed E-state index contributed by atoms with van der Waals surface area (Å²) in [5.41, 5.74) is 1.82. The Morgan fingerprint density at radius 3 is 2.50 bits per heavy atom. The first-order valence-corrected chi connectivity index (χ1v) is 9.92. The maximum Gasteiger partial charge on any atom is 0.223 e. The molecule has 2 aromatic rings. The Morgan fingerprint density at radius 2 is 1.79 bits per heavy atom. The van der Waals surface area contributed by atoms with Gasteiger partial charge in [0, 0.05) is 43.5 Å². The summed E-state index contributed by atoms with van der Waals surface area (Å²) in [5, 5.41) is 3.47. The minimum atomic E-state index is -0.816. The molecule has 1 aliphatic heterocycles. The molecule has 1 aromatic carbocycles. The third-order valence-corrected chi connectivity index (χ3v) is 6.26. The maximum absolute atomic E-state index is 13.4. The number of rotatable bonds is 5. The van der Waals surface area contributed by atoms with E-state index >= 15 is 0 Å². The molecule has 0 radical (unpaired) electrons. The number of hydrogen-bond acceptors (Lipinski definition) is 3.